The average Bonchev–Trinajstić information content (AvgIpc) is 2.77. The summed E-state index contributed by atoms with van der Waals surface area (Å²) in [6, 6.07) is 0.323. The Morgan fingerprint density at radius 3 is 2.72 bits per heavy atom. The molecule has 1 saturated heterocycles. The average molecular weight is 275 g/mol. The Bertz CT molecular complexity index is 273. The molecule has 0 radical (unpaired) electrons. The lowest BCUT2D eigenvalue weighted by Crippen LogP contribution is -2.40. The second-order valence-corrected chi connectivity index (χ2v) is 5.96. The minimum atomic E-state index is 0. The summed E-state index contributed by atoms with van der Waals surface area (Å²) in [4.78, 5) is 14.3. The first-order chi connectivity index (χ1) is 8.20. The number of halogens is 1. The van der Waals surface area contributed by atoms with Crippen molar-refractivity contribution >= 4 is 18.3 Å². The van der Waals surface area contributed by atoms with Crippen molar-refractivity contribution in [2.75, 3.05) is 13.1 Å². The molecule has 1 heterocycles. The number of nitrogens with zero attached hydrogens (tertiary/aromatic N) is 1. The minimum Gasteiger partial charge on any atom is -0.338 e. The first-order valence-corrected chi connectivity index (χ1v) is 7.20. The van der Waals surface area contributed by atoms with Crippen molar-refractivity contribution in [2.24, 2.45) is 17.6 Å². The molecular weight excluding hydrogens is 248 g/mol. The van der Waals surface area contributed by atoms with Gasteiger partial charge in [-0.1, -0.05) is 19.8 Å². The van der Waals surface area contributed by atoms with Crippen LogP contribution >= 0.6 is 12.4 Å². The zero-order chi connectivity index (χ0) is 12.3. The van der Waals surface area contributed by atoms with Crippen molar-refractivity contribution in [1.82, 2.24) is 4.90 Å². The third-order valence-electron chi connectivity index (χ3n) is 4.48. The van der Waals surface area contributed by atoms with E-state index in [9.17, 15) is 4.79 Å². The molecule has 1 amide bonds. The van der Waals surface area contributed by atoms with Crippen molar-refractivity contribution in [3.05, 3.63) is 0 Å². The molecule has 1 aliphatic carbocycles. The lowest BCUT2D eigenvalue weighted by molar-refractivity contribution is -0.133. The van der Waals surface area contributed by atoms with Gasteiger partial charge in [-0.25, -0.2) is 0 Å². The third-order valence-corrected chi connectivity index (χ3v) is 4.48. The number of hydrogen-bond donors (Lipinski definition) is 1. The van der Waals surface area contributed by atoms with E-state index < -0.39 is 0 Å². The first kappa shape index (κ1) is 15.8. The van der Waals surface area contributed by atoms with Crippen LogP contribution in [0.3, 0.4) is 0 Å². The molecule has 3 nitrogen and oxygen atoms in total. The summed E-state index contributed by atoms with van der Waals surface area (Å²) >= 11 is 0. The van der Waals surface area contributed by atoms with Gasteiger partial charge in [0.2, 0.25) is 5.91 Å². The largest absolute Gasteiger partial charge is 0.338 e. The van der Waals surface area contributed by atoms with Gasteiger partial charge >= 0.3 is 0 Å². The van der Waals surface area contributed by atoms with Crippen LogP contribution in [-0.4, -0.2) is 29.9 Å². The van der Waals surface area contributed by atoms with E-state index in [0.29, 0.717) is 24.4 Å². The van der Waals surface area contributed by atoms with E-state index in [1.54, 1.807) is 0 Å². The molecule has 3 atom stereocenters. The molecule has 3 unspecified atom stereocenters. The van der Waals surface area contributed by atoms with Gasteiger partial charge in [-0.3, -0.25) is 4.79 Å². The molecule has 2 aliphatic rings. The van der Waals surface area contributed by atoms with Crippen molar-refractivity contribution in [3.63, 3.8) is 0 Å². The molecule has 2 fully saturated rings. The predicted molar refractivity (Wildman–Crippen MR) is 76.8 cm³/mol. The fourth-order valence-electron chi connectivity index (χ4n) is 3.52. The van der Waals surface area contributed by atoms with Crippen LogP contribution in [0.2, 0.25) is 0 Å². The van der Waals surface area contributed by atoms with Crippen LogP contribution in [-0.2, 0) is 4.79 Å². The molecule has 1 aliphatic heterocycles. The molecule has 106 valence electrons. The highest BCUT2D eigenvalue weighted by atomic mass is 35.5. The molecule has 4 heteroatoms. The van der Waals surface area contributed by atoms with Gasteiger partial charge < -0.3 is 10.6 Å². The van der Waals surface area contributed by atoms with Crippen LogP contribution in [0.1, 0.15) is 51.9 Å². The van der Waals surface area contributed by atoms with Crippen LogP contribution in [0.5, 0.6) is 0 Å². The number of amides is 1. The van der Waals surface area contributed by atoms with E-state index in [1.807, 2.05) is 4.90 Å². The summed E-state index contributed by atoms with van der Waals surface area (Å²) in [7, 11) is 0. The van der Waals surface area contributed by atoms with Crippen LogP contribution in [0, 0.1) is 11.8 Å². The van der Waals surface area contributed by atoms with Crippen LogP contribution in [0.25, 0.3) is 0 Å². The van der Waals surface area contributed by atoms with Crippen molar-refractivity contribution in [1.29, 1.82) is 0 Å². The second-order valence-electron chi connectivity index (χ2n) is 5.96. The fraction of sp³-hybridized carbons (Fsp3) is 0.929. The summed E-state index contributed by atoms with van der Waals surface area (Å²) in [5, 5.41) is 0. The number of rotatable bonds is 3. The van der Waals surface area contributed by atoms with Crippen LogP contribution in [0.15, 0.2) is 0 Å². The van der Waals surface area contributed by atoms with E-state index in [0.717, 1.165) is 31.7 Å². The van der Waals surface area contributed by atoms with Crippen molar-refractivity contribution in [2.45, 2.75) is 57.9 Å². The van der Waals surface area contributed by atoms with Gasteiger partial charge in [0.25, 0.3) is 0 Å². The van der Waals surface area contributed by atoms with Gasteiger partial charge in [0, 0.05) is 25.6 Å². The summed E-state index contributed by atoms with van der Waals surface area (Å²) in [5.41, 5.74) is 5.72. The molecule has 2 N–H and O–H groups in total. The molecule has 0 bridgehead atoms. The minimum absolute atomic E-state index is 0. The molecule has 0 aromatic rings. The topological polar surface area (TPSA) is 46.3 Å². The van der Waals surface area contributed by atoms with Gasteiger partial charge in [-0.05, 0) is 37.5 Å². The smallest absolute Gasteiger partial charge is 0.223 e. The molecule has 0 aromatic heterocycles. The lowest BCUT2D eigenvalue weighted by atomic mass is 9.80. The Morgan fingerprint density at radius 2 is 2.06 bits per heavy atom. The van der Waals surface area contributed by atoms with Gasteiger partial charge in [-0.15, -0.1) is 12.4 Å². The molecule has 0 spiro atoms. The Morgan fingerprint density at radius 1 is 1.28 bits per heavy atom. The van der Waals surface area contributed by atoms with Crippen molar-refractivity contribution < 1.29 is 4.79 Å². The molecule has 2 rings (SSSR count). The number of hydrogen-bond acceptors (Lipinski definition) is 2. The lowest BCUT2D eigenvalue weighted by Gasteiger charge is -2.29. The highest BCUT2D eigenvalue weighted by molar-refractivity contribution is 5.85. The zero-order valence-electron chi connectivity index (χ0n) is 11.4. The number of likely N-dealkylation sites (tertiary alicyclic amines) is 1. The standard InChI is InChI=1S/C14H26N2O.ClH/c1-11-4-2-5-12(8-11)9-14(17)16-7-3-6-13(16)10-15;/h11-13H,2-10,15H2,1H3;1H. The van der Waals surface area contributed by atoms with E-state index in [2.05, 4.69) is 6.92 Å². The maximum atomic E-state index is 12.3. The van der Waals surface area contributed by atoms with Gasteiger partial charge in [0.15, 0.2) is 0 Å². The highest BCUT2D eigenvalue weighted by Crippen LogP contribution is 2.31. The summed E-state index contributed by atoms with van der Waals surface area (Å²) < 4.78 is 0. The number of nitrogens with two attached hydrogens (primary N) is 1. The van der Waals surface area contributed by atoms with Gasteiger partial charge in [0.1, 0.15) is 0 Å². The summed E-state index contributed by atoms with van der Waals surface area (Å²) in [5.74, 6) is 1.80. The SMILES string of the molecule is CC1CCCC(CC(=O)N2CCCC2CN)C1.Cl. The maximum Gasteiger partial charge on any atom is 0.223 e. The van der Waals surface area contributed by atoms with E-state index in [4.69, 9.17) is 5.73 Å². The van der Waals surface area contributed by atoms with Gasteiger partial charge in [-0.2, -0.15) is 0 Å². The molecule has 1 saturated carbocycles. The van der Waals surface area contributed by atoms with Crippen LogP contribution < -0.4 is 5.73 Å². The van der Waals surface area contributed by atoms with E-state index in [1.165, 1.54) is 25.7 Å². The third kappa shape index (κ3) is 3.86. The Hall–Kier alpha value is -0.280. The fourth-order valence-corrected chi connectivity index (χ4v) is 3.52. The molecular formula is C14H27ClN2O. The zero-order valence-corrected chi connectivity index (χ0v) is 12.3. The molecule has 0 aromatic carbocycles. The highest BCUT2D eigenvalue weighted by Gasteiger charge is 2.30. The maximum absolute atomic E-state index is 12.3. The van der Waals surface area contributed by atoms with Gasteiger partial charge in [0.05, 0.1) is 0 Å². The second kappa shape index (κ2) is 7.34. The number of carbonyl (C=O) groups is 1. The molecule has 18 heavy (non-hydrogen) atoms. The predicted octanol–water partition coefficient (Wildman–Crippen LogP) is 2.57. The van der Waals surface area contributed by atoms with E-state index >= 15 is 0 Å². The Kier molecular flexibility index (Phi) is 6.44. The quantitative estimate of drug-likeness (QED) is 0.860. The Labute approximate surface area is 117 Å². The number of carbonyl (C=O) groups excluding carboxylic acids is 1. The normalized spacial score (nSPS) is 32.1. The van der Waals surface area contributed by atoms with Crippen LogP contribution in [0.4, 0.5) is 0 Å². The van der Waals surface area contributed by atoms with E-state index in [-0.39, 0.29) is 12.4 Å². The summed E-state index contributed by atoms with van der Waals surface area (Å²) in [6.45, 7) is 3.88. The Balaban J connectivity index is 0.00000162. The first-order valence-electron chi connectivity index (χ1n) is 7.20. The van der Waals surface area contributed by atoms with Crippen molar-refractivity contribution in [3.8, 4) is 0 Å². The monoisotopic (exact) mass is 274 g/mol. The summed E-state index contributed by atoms with van der Waals surface area (Å²) in [6.07, 6.45) is 8.14.